The van der Waals surface area contributed by atoms with E-state index >= 15 is 0 Å². The maximum atomic E-state index is 8.91. The number of nitrogens with two attached hydrogens (primary N) is 1. The first-order valence-corrected chi connectivity index (χ1v) is 7.14. The molecule has 1 aromatic heterocycles. The molecule has 21 heavy (non-hydrogen) atoms. The van der Waals surface area contributed by atoms with Crippen LogP contribution < -0.4 is 10.5 Å². The van der Waals surface area contributed by atoms with E-state index < -0.39 is 0 Å². The van der Waals surface area contributed by atoms with Gasteiger partial charge in [-0.25, -0.2) is 4.98 Å². The first-order valence-electron chi connectivity index (χ1n) is 6.06. The molecule has 0 aliphatic heterocycles. The van der Waals surface area contributed by atoms with Crippen molar-refractivity contribution in [2.75, 3.05) is 5.73 Å². The van der Waals surface area contributed by atoms with E-state index in [1.165, 1.54) is 0 Å². The van der Waals surface area contributed by atoms with E-state index in [2.05, 4.69) is 38.6 Å². The zero-order chi connectivity index (χ0) is 14.8. The minimum atomic E-state index is 0.225. The Hall–Kier alpha value is -2.40. The predicted molar refractivity (Wildman–Crippen MR) is 87.9 cm³/mol. The fraction of sp³-hybridized carbons (Fsp3) is 0. The largest absolute Gasteiger partial charge is 0.421 e. The van der Waals surface area contributed by atoms with E-state index in [1.54, 1.807) is 18.3 Å². The lowest BCUT2D eigenvalue weighted by Gasteiger charge is -2.09. The third kappa shape index (κ3) is 2.73. The molecule has 1 heterocycles. The summed E-state index contributed by atoms with van der Waals surface area (Å²) >= 11 is 2.07. The molecule has 6 heteroatoms. The van der Waals surface area contributed by atoms with E-state index in [9.17, 15) is 0 Å². The summed E-state index contributed by atoms with van der Waals surface area (Å²) in [4.78, 5) is 8.51. The van der Waals surface area contributed by atoms with Gasteiger partial charge in [0.15, 0.2) is 5.75 Å². The number of aromatic nitrogens is 2. The van der Waals surface area contributed by atoms with Gasteiger partial charge in [0.25, 0.3) is 0 Å². The fourth-order valence-electron chi connectivity index (χ4n) is 1.88. The van der Waals surface area contributed by atoms with Gasteiger partial charge in [0.05, 0.1) is 26.4 Å². The molecule has 0 aliphatic carbocycles. The van der Waals surface area contributed by atoms with Gasteiger partial charge in [0, 0.05) is 11.6 Å². The summed E-state index contributed by atoms with van der Waals surface area (Å²) < 4.78 is 6.42. The highest BCUT2D eigenvalue weighted by Gasteiger charge is 2.11. The highest BCUT2D eigenvalue weighted by atomic mass is 127. The summed E-state index contributed by atoms with van der Waals surface area (Å²) in [6.45, 7) is 0. The Kier molecular flexibility index (Phi) is 3.58. The normalized spacial score (nSPS) is 10.3. The molecule has 0 aliphatic rings. The number of benzene rings is 2. The average molecular weight is 388 g/mol. The van der Waals surface area contributed by atoms with Crippen molar-refractivity contribution >= 4 is 39.2 Å². The van der Waals surface area contributed by atoms with Crippen molar-refractivity contribution < 1.29 is 4.74 Å². The lowest BCUT2D eigenvalue weighted by atomic mass is 10.2. The van der Waals surface area contributed by atoms with Crippen molar-refractivity contribution in [1.29, 1.82) is 5.26 Å². The Morgan fingerprint density at radius 3 is 2.81 bits per heavy atom. The zero-order valence-electron chi connectivity index (χ0n) is 10.7. The summed E-state index contributed by atoms with van der Waals surface area (Å²) in [6, 6.07) is 13.2. The summed E-state index contributed by atoms with van der Waals surface area (Å²) in [5.74, 6) is 0.463. The molecule has 0 radical (unpaired) electrons. The van der Waals surface area contributed by atoms with Crippen LogP contribution >= 0.6 is 22.6 Å². The highest BCUT2D eigenvalue weighted by molar-refractivity contribution is 14.1. The van der Waals surface area contributed by atoms with Gasteiger partial charge in [-0.2, -0.15) is 10.2 Å². The summed E-state index contributed by atoms with van der Waals surface area (Å²) in [5, 5.41) is 9.85. The molecule has 3 aromatic rings. The third-order valence-corrected chi connectivity index (χ3v) is 3.66. The van der Waals surface area contributed by atoms with Gasteiger partial charge >= 0.3 is 6.01 Å². The maximum Gasteiger partial charge on any atom is 0.322 e. The van der Waals surface area contributed by atoms with Crippen LogP contribution in [0.5, 0.6) is 11.8 Å². The Bertz CT molecular complexity index is 850. The van der Waals surface area contributed by atoms with Crippen LogP contribution in [0.2, 0.25) is 0 Å². The second-order valence-corrected chi connectivity index (χ2v) is 5.46. The lowest BCUT2D eigenvalue weighted by Crippen LogP contribution is -1.99. The number of hydrogen-bond donors (Lipinski definition) is 1. The first-order chi connectivity index (χ1) is 10.2. The molecule has 0 saturated carbocycles. The summed E-state index contributed by atoms with van der Waals surface area (Å²) in [7, 11) is 0. The van der Waals surface area contributed by atoms with Crippen LogP contribution in [0, 0.1) is 14.9 Å². The SMILES string of the molecule is N#Cc1cc(N)c(Oc2ncc3ccccc3n2)c(I)c1. The average Bonchev–Trinajstić information content (AvgIpc) is 2.50. The van der Waals surface area contributed by atoms with Crippen LogP contribution in [0.15, 0.2) is 42.6 Å². The molecule has 0 atom stereocenters. The molecule has 0 bridgehead atoms. The Balaban J connectivity index is 2.01. The number of halogens is 1. The first kappa shape index (κ1) is 13.6. The van der Waals surface area contributed by atoms with E-state index in [1.807, 2.05) is 24.3 Å². The number of anilines is 1. The number of nitrogens with zero attached hydrogens (tertiary/aromatic N) is 3. The van der Waals surface area contributed by atoms with E-state index in [0.717, 1.165) is 14.5 Å². The molecular formula is C15H9IN4O. The molecule has 5 nitrogen and oxygen atoms in total. The highest BCUT2D eigenvalue weighted by Crippen LogP contribution is 2.32. The van der Waals surface area contributed by atoms with Crippen LogP contribution in [0.4, 0.5) is 5.69 Å². The van der Waals surface area contributed by atoms with Crippen LogP contribution in [-0.2, 0) is 0 Å². The minimum Gasteiger partial charge on any atom is -0.421 e. The molecule has 102 valence electrons. The van der Waals surface area contributed by atoms with Crippen LogP contribution in [0.3, 0.4) is 0 Å². The quantitative estimate of drug-likeness (QED) is 0.537. The second kappa shape index (κ2) is 5.54. The van der Waals surface area contributed by atoms with Gasteiger partial charge in [-0.15, -0.1) is 0 Å². The topological polar surface area (TPSA) is 84.8 Å². The molecule has 2 N–H and O–H groups in total. The molecule has 0 fully saturated rings. The van der Waals surface area contributed by atoms with Gasteiger partial charge in [-0.05, 0) is 40.8 Å². The summed E-state index contributed by atoms with van der Waals surface area (Å²) in [6.07, 6.45) is 1.70. The smallest absolute Gasteiger partial charge is 0.322 e. The van der Waals surface area contributed by atoms with Gasteiger partial charge in [-0.1, -0.05) is 18.2 Å². The number of fused-ring (bicyclic) bond motifs is 1. The molecule has 2 aromatic carbocycles. The second-order valence-electron chi connectivity index (χ2n) is 4.30. The number of para-hydroxylation sites is 1. The van der Waals surface area contributed by atoms with Crippen molar-refractivity contribution in [2.45, 2.75) is 0 Å². The van der Waals surface area contributed by atoms with E-state index in [0.29, 0.717) is 17.0 Å². The van der Waals surface area contributed by atoms with E-state index in [4.69, 9.17) is 15.7 Å². The van der Waals surface area contributed by atoms with Crippen molar-refractivity contribution in [2.24, 2.45) is 0 Å². The zero-order valence-corrected chi connectivity index (χ0v) is 12.9. The Morgan fingerprint density at radius 2 is 2.05 bits per heavy atom. The monoisotopic (exact) mass is 388 g/mol. The van der Waals surface area contributed by atoms with Crippen molar-refractivity contribution in [1.82, 2.24) is 9.97 Å². The number of rotatable bonds is 2. The van der Waals surface area contributed by atoms with Gasteiger partial charge in [0.2, 0.25) is 0 Å². The molecule has 0 saturated heterocycles. The molecule has 0 amide bonds. The summed E-state index contributed by atoms with van der Waals surface area (Å²) in [5.41, 5.74) is 7.59. The van der Waals surface area contributed by atoms with Gasteiger partial charge < -0.3 is 10.5 Å². The predicted octanol–water partition coefficient (Wildman–Crippen LogP) is 3.48. The lowest BCUT2D eigenvalue weighted by molar-refractivity contribution is 0.443. The van der Waals surface area contributed by atoms with Crippen LogP contribution in [0.25, 0.3) is 10.9 Å². The minimum absolute atomic E-state index is 0.225. The number of hydrogen-bond acceptors (Lipinski definition) is 5. The van der Waals surface area contributed by atoms with Gasteiger partial charge in [-0.3, -0.25) is 0 Å². The van der Waals surface area contributed by atoms with Crippen molar-refractivity contribution in [3.63, 3.8) is 0 Å². The van der Waals surface area contributed by atoms with Crippen molar-refractivity contribution in [3.05, 3.63) is 51.7 Å². The van der Waals surface area contributed by atoms with Crippen molar-refractivity contribution in [3.8, 4) is 17.8 Å². The number of nitrogen functional groups attached to an aromatic ring is 1. The molecule has 0 spiro atoms. The Morgan fingerprint density at radius 1 is 1.24 bits per heavy atom. The number of ether oxygens (including phenoxy) is 1. The maximum absolute atomic E-state index is 8.91. The van der Waals surface area contributed by atoms with Gasteiger partial charge in [0.1, 0.15) is 0 Å². The fourth-order valence-corrected chi connectivity index (χ4v) is 2.64. The molecule has 0 unspecified atom stereocenters. The van der Waals surface area contributed by atoms with Crippen LogP contribution in [-0.4, -0.2) is 9.97 Å². The van der Waals surface area contributed by atoms with E-state index in [-0.39, 0.29) is 6.01 Å². The standard InChI is InChI=1S/C15H9IN4O/c16-11-5-9(7-17)6-12(18)14(11)21-15-19-8-10-3-1-2-4-13(10)20-15/h1-6,8H,18H2. The Labute approximate surface area is 134 Å². The third-order valence-electron chi connectivity index (χ3n) is 2.86. The molecule has 3 rings (SSSR count). The molecular weight excluding hydrogens is 379 g/mol. The van der Waals surface area contributed by atoms with Crippen LogP contribution in [0.1, 0.15) is 5.56 Å². The number of nitriles is 1.